The number of thiophene rings is 1. The number of rotatable bonds is 5. The monoisotopic (exact) mass is 347 g/mol. The molecule has 0 bridgehead atoms. The Morgan fingerprint density at radius 1 is 1.42 bits per heavy atom. The van der Waals surface area contributed by atoms with E-state index < -0.39 is 0 Å². The van der Waals surface area contributed by atoms with E-state index >= 15 is 0 Å². The largest absolute Gasteiger partial charge is 0.444 e. The van der Waals surface area contributed by atoms with Gasteiger partial charge in [-0.25, -0.2) is 4.98 Å². The Morgan fingerprint density at radius 2 is 2.29 bits per heavy atom. The molecule has 0 radical (unpaired) electrons. The zero-order valence-corrected chi connectivity index (χ0v) is 15.4. The lowest BCUT2D eigenvalue weighted by atomic mass is 10.1. The van der Waals surface area contributed by atoms with Crippen molar-refractivity contribution in [3.63, 3.8) is 0 Å². The molecule has 2 aromatic heterocycles. The Bertz CT molecular complexity index is 686. The molecule has 2 aromatic rings. The highest BCUT2D eigenvalue weighted by Gasteiger charge is 2.16. The minimum Gasteiger partial charge on any atom is -0.444 e. The Labute approximate surface area is 147 Å². The van der Waals surface area contributed by atoms with E-state index in [1.807, 2.05) is 25.2 Å². The van der Waals surface area contributed by atoms with Crippen LogP contribution in [0.3, 0.4) is 0 Å². The maximum atomic E-state index is 5.57. The first-order valence-corrected chi connectivity index (χ1v) is 9.18. The van der Waals surface area contributed by atoms with Crippen molar-refractivity contribution in [2.45, 2.75) is 33.4 Å². The Hall–Kier alpha value is -1.86. The van der Waals surface area contributed by atoms with Crippen LogP contribution < -0.4 is 10.6 Å². The van der Waals surface area contributed by atoms with Crippen molar-refractivity contribution in [1.29, 1.82) is 0 Å². The van der Waals surface area contributed by atoms with Crippen molar-refractivity contribution < 1.29 is 4.42 Å². The fraction of sp³-hybridized carbons (Fsp3) is 0.529. The summed E-state index contributed by atoms with van der Waals surface area (Å²) >= 11 is 1.88. The molecule has 0 atom stereocenters. The van der Waals surface area contributed by atoms with Gasteiger partial charge in [-0.1, -0.05) is 0 Å². The standard InChI is InChI=1S/C17H25N5OS/c1-12-13(2)23-16(21-12)10-20-17(18-3)19-6-8-22-7-4-15-14(11-22)5-9-24-15/h5,9H,4,6-8,10-11H2,1-3H3,(H2,18,19,20). The molecule has 0 fully saturated rings. The van der Waals surface area contributed by atoms with Crippen molar-refractivity contribution in [3.8, 4) is 0 Å². The van der Waals surface area contributed by atoms with E-state index in [4.69, 9.17) is 4.42 Å². The lowest BCUT2D eigenvalue weighted by Crippen LogP contribution is -2.42. The molecule has 3 heterocycles. The van der Waals surface area contributed by atoms with Crippen LogP contribution in [0.5, 0.6) is 0 Å². The van der Waals surface area contributed by atoms with Gasteiger partial charge in [0.25, 0.3) is 0 Å². The normalized spacial score (nSPS) is 15.4. The Kier molecular flexibility index (Phi) is 5.52. The summed E-state index contributed by atoms with van der Waals surface area (Å²) in [6.45, 7) is 8.48. The summed E-state index contributed by atoms with van der Waals surface area (Å²) < 4.78 is 5.57. The summed E-state index contributed by atoms with van der Waals surface area (Å²) in [4.78, 5) is 12.6. The molecular weight excluding hydrogens is 322 g/mol. The first-order chi connectivity index (χ1) is 11.7. The van der Waals surface area contributed by atoms with E-state index in [9.17, 15) is 0 Å². The Balaban J connectivity index is 1.40. The maximum Gasteiger partial charge on any atom is 0.214 e. The molecule has 1 aliphatic rings. The molecule has 2 N–H and O–H groups in total. The van der Waals surface area contributed by atoms with E-state index in [0.717, 1.165) is 43.6 Å². The van der Waals surface area contributed by atoms with Crippen LogP contribution in [0.15, 0.2) is 20.9 Å². The van der Waals surface area contributed by atoms with Gasteiger partial charge in [0.15, 0.2) is 5.96 Å². The SMILES string of the molecule is CN=C(NCCN1CCc2sccc2C1)NCc1nc(C)c(C)o1. The van der Waals surface area contributed by atoms with Crippen LogP contribution in [0, 0.1) is 13.8 Å². The first kappa shape index (κ1) is 17.0. The minimum absolute atomic E-state index is 0.538. The lowest BCUT2D eigenvalue weighted by Gasteiger charge is -2.27. The summed E-state index contributed by atoms with van der Waals surface area (Å²) in [7, 11) is 1.78. The van der Waals surface area contributed by atoms with Gasteiger partial charge in [0, 0.05) is 38.1 Å². The molecule has 0 saturated heterocycles. The number of nitrogens with one attached hydrogen (secondary N) is 2. The smallest absolute Gasteiger partial charge is 0.214 e. The second kappa shape index (κ2) is 7.81. The number of guanidine groups is 1. The van der Waals surface area contributed by atoms with Crippen molar-refractivity contribution >= 4 is 17.3 Å². The lowest BCUT2D eigenvalue weighted by molar-refractivity contribution is 0.260. The van der Waals surface area contributed by atoms with Crippen molar-refractivity contribution in [1.82, 2.24) is 20.5 Å². The molecule has 0 saturated carbocycles. The number of aliphatic imine (C=N–C) groups is 1. The summed E-state index contributed by atoms with van der Waals surface area (Å²) in [6.07, 6.45) is 1.17. The van der Waals surface area contributed by atoms with Gasteiger partial charge in [0.2, 0.25) is 5.89 Å². The average molecular weight is 347 g/mol. The summed E-state index contributed by atoms with van der Waals surface area (Å²) in [5.74, 6) is 2.33. The third-order valence-electron chi connectivity index (χ3n) is 4.31. The second-order valence-corrected chi connectivity index (χ2v) is 7.00. The predicted molar refractivity (Wildman–Crippen MR) is 97.5 cm³/mol. The number of oxazole rings is 1. The van der Waals surface area contributed by atoms with Crippen LogP contribution in [-0.4, -0.2) is 42.5 Å². The van der Waals surface area contributed by atoms with Gasteiger partial charge in [-0.15, -0.1) is 11.3 Å². The van der Waals surface area contributed by atoms with Gasteiger partial charge >= 0.3 is 0 Å². The van der Waals surface area contributed by atoms with Crippen molar-refractivity contribution in [2.75, 3.05) is 26.7 Å². The second-order valence-electron chi connectivity index (χ2n) is 6.00. The van der Waals surface area contributed by atoms with E-state index in [1.54, 1.807) is 11.9 Å². The van der Waals surface area contributed by atoms with Gasteiger partial charge in [-0.3, -0.25) is 9.89 Å². The van der Waals surface area contributed by atoms with Gasteiger partial charge in [0.05, 0.1) is 12.2 Å². The Morgan fingerprint density at radius 3 is 3.04 bits per heavy atom. The summed E-state index contributed by atoms with van der Waals surface area (Å²) in [5, 5.41) is 8.80. The molecule has 0 aromatic carbocycles. The molecule has 1 aliphatic heterocycles. The molecule has 0 amide bonds. The molecule has 7 heteroatoms. The fourth-order valence-electron chi connectivity index (χ4n) is 2.82. The van der Waals surface area contributed by atoms with Gasteiger partial charge < -0.3 is 15.1 Å². The van der Waals surface area contributed by atoms with Gasteiger partial charge in [-0.2, -0.15) is 0 Å². The van der Waals surface area contributed by atoms with E-state index in [0.29, 0.717) is 12.4 Å². The molecule has 0 unspecified atom stereocenters. The number of aromatic nitrogens is 1. The number of hydrogen-bond acceptors (Lipinski definition) is 5. The number of nitrogens with zero attached hydrogens (tertiary/aromatic N) is 3. The van der Waals surface area contributed by atoms with Gasteiger partial charge in [-0.05, 0) is 37.3 Å². The van der Waals surface area contributed by atoms with Gasteiger partial charge in [0.1, 0.15) is 5.76 Å². The van der Waals surface area contributed by atoms with E-state index in [-0.39, 0.29) is 0 Å². The third kappa shape index (κ3) is 4.15. The first-order valence-electron chi connectivity index (χ1n) is 8.30. The van der Waals surface area contributed by atoms with Crippen LogP contribution in [-0.2, 0) is 19.5 Å². The van der Waals surface area contributed by atoms with E-state index in [1.165, 1.54) is 12.0 Å². The number of fused-ring (bicyclic) bond motifs is 1. The van der Waals surface area contributed by atoms with Crippen LogP contribution >= 0.6 is 11.3 Å². The topological polar surface area (TPSA) is 65.7 Å². The molecule has 6 nitrogen and oxygen atoms in total. The zero-order valence-electron chi connectivity index (χ0n) is 14.6. The van der Waals surface area contributed by atoms with Crippen LogP contribution in [0.4, 0.5) is 0 Å². The molecule has 0 aliphatic carbocycles. The third-order valence-corrected chi connectivity index (χ3v) is 5.33. The average Bonchev–Trinajstić information content (AvgIpc) is 3.17. The predicted octanol–water partition coefficient (Wildman–Crippen LogP) is 2.08. The number of hydrogen-bond donors (Lipinski definition) is 2. The van der Waals surface area contributed by atoms with Crippen LogP contribution in [0.2, 0.25) is 0 Å². The van der Waals surface area contributed by atoms with Crippen LogP contribution in [0.1, 0.15) is 27.8 Å². The molecular formula is C17H25N5OS. The summed E-state index contributed by atoms with van der Waals surface area (Å²) in [5.41, 5.74) is 2.43. The number of aryl methyl sites for hydroxylation is 2. The maximum absolute atomic E-state index is 5.57. The minimum atomic E-state index is 0.538. The quantitative estimate of drug-likeness (QED) is 0.640. The molecule has 24 heavy (non-hydrogen) atoms. The van der Waals surface area contributed by atoms with Crippen LogP contribution in [0.25, 0.3) is 0 Å². The highest BCUT2D eigenvalue weighted by atomic mass is 32.1. The van der Waals surface area contributed by atoms with E-state index in [2.05, 4.69) is 37.0 Å². The fourth-order valence-corrected chi connectivity index (χ4v) is 3.71. The molecule has 0 spiro atoms. The highest BCUT2D eigenvalue weighted by molar-refractivity contribution is 7.10. The zero-order chi connectivity index (χ0) is 16.9. The van der Waals surface area contributed by atoms with Crippen molar-refractivity contribution in [2.24, 2.45) is 4.99 Å². The van der Waals surface area contributed by atoms with Crippen molar-refractivity contribution in [3.05, 3.63) is 39.2 Å². The summed E-state index contributed by atoms with van der Waals surface area (Å²) in [6, 6.07) is 2.25. The molecule has 3 rings (SSSR count). The highest BCUT2D eigenvalue weighted by Crippen LogP contribution is 2.23. The molecule has 130 valence electrons.